The number of pyridine rings is 1. The Bertz CT molecular complexity index is 792. The molecule has 0 atom stereocenters. The maximum absolute atomic E-state index is 12.4. The summed E-state index contributed by atoms with van der Waals surface area (Å²) in [6.07, 6.45) is 4.86. The Balaban J connectivity index is 1.55. The normalized spacial score (nSPS) is 19.6. The number of hydrogen-bond donors (Lipinski definition) is 1. The van der Waals surface area contributed by atoms with E-state index < -0.39 is 10.8 Å². The van der Waals surface area contributed by atoms with Gasteiger partial charge < -0.3 is 10.1 Å². The third kappa shape index (κ3) is 4.49. The van der Waals surface area contributed by atoms with Gasteiger partial charge in [0.25, 0.3) is 11.6 Å². The zero-order chi connectivity index (χ0) is 18.5. The van der Waals surface area contributed by atoms with Gasteiger partial charge in [-0.1, -0.05) is 17.7 Å². The zero-order valence-electron chi connectivity index (χ0n) is 13.9. The standard InChI is InChI=1S/C18H18ClN3O4/c19-16-9-6-13(22(24)25)11-15(16)18(23)21-12-4-7-14(8-5-12)26-17-3-1-2-10-20-17/h1-3,6,9-12,14H,4-5,7-8H2,(H,21,23). The lowest BCUT2D eigenvalue weighted by atomic mass is 9.92. The molecule has 136 valence electrons. The predicted molar refractivity (Wildman–Crippen MR) is 96.5 cm³/mol. The number of hydrogen-bond acceptors (Lipinski definition) is 5. The van der Waals surface area contributed by atoms with Crippen molar-refractivity contribution in [3.8, 4) is 5.88 Å². The molecule has 1 aromatic carbocycles. The SMILES string of the molecule is O=C(NC1CCC(Oc2ccccn2)CC1)c1cc([N+](=O)[O-])ccc1Cl. The van der Waals surface area contributed by atoms with Crippen LogP contribution < -0.4 is 10.1 Å². The van der Waals surface area contributed by atoms with Crippen LogP contribution in [0.5, 0.6) is 5.88 Å². The monoisotopic (exact) mass is 375 g/mol. The molecular formula is C18H18ClN3O4. The first-order valence-corrected chi connectivity index (χ1v) is 8.73. The predicted octanol–water partition coefficient (Wildman–Crippen LogP) is 3.76. The average Bonchev–Trinajstić information content (AvgIpc) is 2.64. The molecule has 0 saturated heterocycles. The molecule has 1 heterocycles. The first-order chi connectivity index (χ1) is 12.5. The molecule has 1 aromatic heterocycles. The van der Waals surface area contributed by atoms with Crippen molar-refractivity contribution >= 4 is 23.2 Å². The Hall–Kier alpha value is -2.67. The van der Waals surface area contributed by atoms with E-state index in [9.17, 15) is 14.9 Å². The molecule has 1 aliphatic carbocycles. The number of benzene rings is 1. The smallest absolute Gasteiger partial charge is 0.270 e. The summed E-state index contributed by atoms with van der Waals surface area (Å²) in [5.74, 6) is 0.205. The number of carbonyl (C=O) groups excluding carboxylic acids is 1. The van der Waals surface area contributed by atoms with Gasteiger partial charge in [-0.3, -0.25) is 14.9 Å². The summed E-state index contributed by atoms with van der Waals surface area (Å²) < 4.78 is 5.83. The van der Waals surface area contributed by atoms with Crippen LogP contribution >= 0.6 is 11.6 Å². The maximum Gasteiger partial charge on any atom is 0.270 e. The largest absolute Gasteiger partial charge is 0.474 e. The van der Waals surface area contributed by atoms with E-state index in [1.807, 2.05) is 18.2 Å². The number of nitro groups is 1. The minimum atomic E-state index is -0.548. The molecule has 1 saturated carbocycles. The Morgan fingerprint density at radius 1 is 1.23 bits per heavy atom. The maximum atomic E-state index is 12.4. The van der Waals surface area contributed by atoms with Gasteiger partial charge in [0.2, 0.25) is 5.88 Å². The summed E-state index contributed by atoms with van der Waals surface area (Å²) in [4.78, 5) is 26.9. The highest BCUT2D eigenvalue weighted by Gasteiger charge is 2.25. The van der Waals surface area contributed by atoms with E-state index in [1.165, 1.54) is 18.2 Å². The van der Waals surface area contributed by atoms with Gasteiger partial charge in [0, 0.05) is 30.4 Å². The third-order valence-corrected chi connectivity index (χ3v) is 4.67. The lowest BCUT2D eigenvalue weighted by Crippen LogP contribution is -2.39. The van der Waals surface area contributed by atoms with E-state index in [0.29, 0.717) is 5.88 Å². The minimum Gasteiger partial charge on any atom is -0.474 e. The number of ether oxygens (including phenoxy) is 1. The van der Waals surface area contributed by atoms with Crippen molar-refractivity contribution in [3.05, 3.63) is 63.3 Å². The second-order valence-electron chi connectivity index (χ2n) is 6.15. The molecule has 8 heteroatoms. The molecule has 0 unspecified atom stereocenters. The molecule has 7 nitrogen and oxygen atoms in total. The fourth-order valence-electron chi connectivity index (χ4n) is 2.98. The molecule has 0 spiro atoms. The van der Waals surface area contributed by atoms with Crippen LogP contribution in [-0.2, 0) is 0 Å². The summed E-state index contributed by atoms with van der Waals surface area (Å²) in [5.41, 5.74) is -0.0419. The number of nitro benzene ring substituents is 1. The van der Waals surface area contributed by atoms with Crippen molar-refractivity contribution in [2.24, 2.45) is 0 Å². The number of non-ortho nitro benzene ring substituents is 1. The Morgan fingerprint density at radius 2 is 2.00 bits per heavy atom. The van der Waals surface area contributed by atoms with E-state index in [0.717, 1.165) is 25.7 Å². The number of halogens is 1. The van der Waals surface area contributed by atoms with Gasteiger partial charge in [-0.2, -0.15) is 0 Å². The van der Waals surface area contributed by atoms with E-state index in [1.54, 1.807) is 6.20 Å². The highest BCUT2D eigenvalue weighted by atomic mass is 35.5. The Kier molecular flexibility index (Phi) is 5.68. The second kappa shape index (κ2) is 8.14. The van der Waals surface area contributed by atoms with Crippen LogP contribution in [0.3, 0.4) is 0 Å². The molecule has 2 aromatic rings. The van der Waals surface area contributed by atoms with E-state index in [2.05, 4.69) is 10.3 Å². The van der Waals surface area contributed by atoms with Crippen molar-refractivity contribution in [2.75, 3.05) is 0 Å². The molecule has 1 aliphatic rings. The van der Waals surface area contributed by atoms with Crippen LogP contribution in [0.15, 0.2) is 42.6 Å². The van der Waals surface area contributed by atoms with Gasteiger partial charge in [-0.25, -0.2) is 4.98 Å². The number of amides is 1. The fraction of sp³-hybridized carbons (Fsp3) is 0.333. The van der Waals surface area contributed by atoms with Crippen molar-refractivity contribution in [2.45, 2.75) is 37.8 Å². The van der Waals surface area contributed by atoms with Crippen molar-refractivity contribution in [1.82, 2.24) is 10.3 Å². The van der Waals surface area contributed by atoms with E-state index >= 15 is 0 Å². The number of rotatable bonds is 5. The number of aromatic nitrogens is 1. The summed E-state index contributed by atoms with van der Waals surface area (Å²) in [6.45, 7) is 0. The van der Waals surface area contributed by atoms with Crippen LogP contribution in [0.4, 0.5) is 5.69 Å². The van der Waals surface area contributed by atoms with Gasteiger partial charge in [0.05, 0.1) is 15.5 Å². The van der Waals surface area contributed by atoms with Gasteiger partial charge in [0.1, 0.15) is 6.10 Å². The molecule has 0 aliphatic heterocycles. The number of nitrogens with one attached hydrogen (secondary N) is 1. The third-order valence-electron chi connectivity index (χ3n) is 4.34. The van der Waals surface area contributed by atoms with Crippen LogP contribution in [-0.4, -0.2) is 28.0 Å². The molecule has 1 N–H and O–H groups in total. The van der Waals surface area contributed by atoms with Crippen molar-refractivity contribution in [1.29, 1.82) is 0 Å². The summed E-state index contributed by atoms with van der Waals surface area (Å²) in [5, 5.41) is 14.0. The highest BCUT2D eigenvalue weighted by molar-refractivity contribution is 6.33. The van der Waals surface area contributed by atoms with Crippen LogP contribution in [0.2, 0.25) is 5.02 Å². The minimum absolute atomic E-state index is 0.0126. The molecule has 26 heavy (non-hydrogen) atoms. The summed E-state index contributed by atoms with van der Waals surface area (Å²) in [6, 6.07) is 9.35. The molecular weight excluding hydrogens is 358 g/mol. The van der Waals surface area contributed by atoms with Crippen molar-refractivity contribution in [3.63, 3.8) is 0 Å². The second-order valence-corrected chi connectivity index (χ2v) is 6.56. The lowest BCUT2D eigenvalue weighted by Gasteiger charge is -2.29. The van der Waals surface area contributed by atoms with Gasteiger partial charge in [-0.15, -0.1) is 0 Å². The highest BCUT2D eigenvalue weighted by Crippen LogP contribution is 2.25. The molecule has 0 radical (unpaired) electrons. The Morgan fingerprint density at radius 3 is 2.65 bits per heavy atom. The molecule has 1 amide bonds. The fourth-order valence-corrected chi connectivity index (χ4v) is 3.18. The zero-order valence-corrected chi connectivity index (χ0v) is 14.7. The molecule has 0 bridgehead atoms. The van der Waals surface area contributed by atoms with Crippen LogP contribution in [0.25, 0.3) is 0 Å². The van der Waals surface area contributed by atoms with Gasteiger partial charge >= 0.3 is 0 Å². The Labute approximate surface area is 155 Å². The first kappa shape index (κ1) is 18.1. The summed E-state index contributed by atoms with van der Waals surface area (Å²) in [7, 11) is 0. The quantitative estimate of drug-likeness (QED) is 0.634. The lowest BCUT2D eigenvalue weighted by molar-refractivity contribution is -0.384. The van der Waals surface area contributed by atoms with E-state index in [4.69, 9.17) is 16.3 Å². The van der Waals surface area contributed by atoms with Crippen molar-refractivity contribution < 1.29 is 14.5 Å². The van der Waals surface area contributed by atoms with Crippen LogP contribution in [0, 0.1) is 10.1 Å². The van der Waals surface area contributed by atoms with Gasteiger partial charge in [-0.05, 0) is 37.8 Å². The number of nitrogens with zero attached hydrogens (tertiary/aromatic N) is 2. The van der Waals surface area contributed by atoms with Gasteiger partial charge in [0.15, 0.2) is 0 Å². The first-order valence-electron chi connectivity index (χ1n) is 8.35. The number of carbonyl (C=O) groups is 1. The van der Waals surface area contributed by atoms with Crippen LogP contribution in [0.1, 0.15) is 36.0 Å². The van der Waals surface area contributed by atoms with E-state index in [-0.39, 0.29) is 28.4 Å². The molecule has 1 fully saturated rings. The average molecular weight is 376 g/mol. The summed E-state index contributed by atoms with van der Waals surface area (Å²) >= 11 is 6.02. The molecule has 3 rings (SSSR count). The topological polar surface area (TPSA) is 94.4 Å².